The van der Waals surface area contributed by atoms with E-state index in [1.54, 1.807) is 0 Å². The van der Waals surface area contributed by atoms with E-state index < -0.39 is 11.9 Å². The van der Waals surface area contributed by atoms with E-state index in [2.05, 4.69) is 15.1 Å². The van der Waals surface area contributed by atoms with Crippen molar-refractivity contribution < 1.29 is 18.0 Å². The molecule has 0 atom stereocenters. The van der Waals surface area contributed by atoms with E-state index in [-0.39, 0.29) is 22.4 Å². The summed E-state index contributed by atoms with van der Waals surface area (Å²) >= 11 is 5.85. The molecule has 2 aromatic rings. The highest BCUT2D eigenvalue weighted by molar-refractivity contribution is 6.32. The first-order valence-electron chi connectivity index (χ1n) is 5.59. The van der Waals surface area contributed by atoms with Gasteiger partial charge in [-0.05, 0) is 0 Å². The standard InChI is InChI=1S/C11H9ClF3N5O/c1-6(21)19(2)8-4-20(18-10(8)12)7-3-16-5-17-9(7)11(13,14)15/h3-5H,1-2H3. The van der Waals surface area contributed by atoms with Crippen molar-refractivity contribution in [3.05, 3.63) is 29.6 Å². The van der Waals surface area contributed by atoms with Crippen molar-refractivity contribution in [2.24, 2.45) is 0 Å². The fraction of sp³-hybridized carbons (Fsp3) is 0.273. The molecule has 21 heavy (non-hydrogen) atoms. The van der Waals surface area contributed by atoms with Crippen molar-refractivity contribution in [3.63, 3.8) is 0 Å². The predicted octanol–water partition coefficient (Wildman–Crippen LogP) is 2.32. The molecule has 0 aliphatic carbocycles. The monoisotopic (exact) mass is 319 g/mol. The fourth-order valence-corrected chi connectivity index (χ4v) is 1.83. The summed E-state index contributed by atoms with van der Waals surface area (Å²) in [7, 11) is 1.43. The SMILES string of the molecule is CC(=O)N(C)c1cn(-c2cncnc2C(F)(F)F)nc1Cl. The van der Waals surface area contributed by atoms with Gasteiger partial charge in [0, 0.05) is 14.0 Å². The van der Waals surface area contributed by atoms with Gasteiger partial charge in [0.05, 0.1) is 12.4 Å². The van der Waals surface area contributed by atoms with Gasteiger partial charge in [-0.1, -0.05) is 11.6 Å². The Morgan fingerprint density at radius 2 is 2.10 bits per heavy atom. The molecule has 112 valence electrons. The van der Waals surface area contributed by atoms with Crippen LogP contribution in [0.2, 0.25) is 5.15 Å². The van der Waals surface area contributed by atoms with Crippen molar-refractivity contribution >= 4 is 23.2 Å². The molecule has 0 N–H and O–H groups in total. The second-order valence-corrected chi connectivity index (χ2v) is 4.44. The molecule has 0 aliphatic heterocycles. The highest BCUT2D eigenvalue weighted by atomic mass is 35.5. The third-order valence-electron chi connectivity index (χ3n) is 2.69. The minimum Gasteiger partial charge on any atom is -0.312 e. The molecule has 6 nitrogen and oxygen atoms in total. The van der Waals surface area contributed by atoms with Crippen LogP contribution in [0.5, 0.6) is 0 Å². The molecule has 0 unspecified atom stereocenters. The third kappa shape index (κ3) is 2.97. The lowest BCUT2D eigenvalue weighted by molar-refractivity contribution is -0.141. The zero-order valence-electron chi connectivity index (χ0n) is 10.9. The Labute approximate surface area is 122 Å². The van der Waals surface area contributed by atoms with Crippen LogP contribution in [0.25, 0.3) is 5.69 Å². The van der Waals surface area contributed by atoms with Crippen LogP contribution in [-0.2, 0) is 11.0 Å². The molecular weight excluding hydrogens is 311 g/mol. The van der Waals surface area contributed by atoms with E-state index in [0.29, 0.717) is 0 Å². The number of anilines is 1. The predicted molar refractivity (Wildman–Crippen MR) is 68.3 cm³/mol. The first kappa shape index (κ1) is 15.2. The van der Waals surface area contributed by atoms with Crippen molar-refractivity contribution in [1.29, 1.82) is 0 Å². The quantitative estimate of drug-likeness (QED) is 0.852. The summed E-state index contributed by atoms with van der Waals surface area (Å²) in [5.74, 6) is -0.336. The van der Waals surface area contributed by atoms with E-state index in [4.69, 9.17) is 11.6 Å². The number of carbonyl (C=O) groups excluding carboxylic acids is 1. The lowest BCUT2D eigenvalue weighted by Gasteiger charge is -2.12. The number of nitrogens with zero attached hydrogens (tertiary/aromatic N) is 5. The zero-order chi connectivity index (χ0) is 15.8. The van der Waals surface area contributed by atoms with Crippen LogP contribution < -0.4 is 4.90 Å². The Kier molecular flexibility index (Phi) is 3.86. The van der Waals surface area contributed by atoms with E-state index >= 15 is 0 Å². The van der Waals surface area contributed by atoms with Crippen LogP contribution in [0.3, 0.4) is 0 Å². The summed E-state index contributed by atoms with van der Waals surface area (Å²) in [6.07, 6.45) is -1.70. The van der Waals surface area contributed by atoms with Crippen LogP contribution in [0, 0.1) is 0 Å². The Morgan fingerprint density at radius 3 is 2.67 bits per heavy atom. The molecule has 0 radical (unpaired) electrons. The number of halogens is 4. The van der Waals surface area contributed by atoms with E-state index in [0.717, 1.165) is 17.2 Å². The molecule has 0 spiro atoms. The molecule has 0 saturated heterocycles. The highest BCUT2D eigenvalue weighted by Gasteiger charge is 2.36. The van der Waals surface area contributed by atoms with Gasteiger partial charge in [-0.25, -0.2) is 14.6 Å². The Morgan fingerprint density at radius 1 is 1.43 bits per heavy atom. The molecule has 0 saturated carbocycles. The molecule has 10 heteroatoms. The molecule has 2 aromatic heterocycles. The summed E-state index contributed by atoms with van der Waals surface area (Å²) < 4.78 is 39.6. The van der Waals surface area contributed by atoms with E-state index in [9.17, 15) is 18.0 Å². The number of hydrogen-bond acceptors (Lipinski definition) is 4. The Hall–Kier alpha value is -2.16. The number of carbonyl (C=O) groups is 1. The van der Waals surface area contributed by atoms with Gasteiger partial charge in [0.15, 0.2) is 10.8 Å². The smallest absolute Gasteiger partial charge is 0.312 e. The maximum Gasteiger partial charge on any atom is 0.435 e. The number of rotatable bonds is 2. The van der Waals surface area contributed by atoms with Crippen molar-refractivity contribution in [3.8, 4) is 5.69 Å². The topological polar surface area (TPSA) is 63.9 Å². The number of alkyl halides is 3. The minimum atomic E-state index is -4.66. The van der Waals surface area contributed by atoms with Gasteiger partial charge in [-0.2, -0.15) is 18.3 Å². The van der Waals surface area contributed by atoms with E-state index in [1.165, 1.54) is 25.1 Å². The molecule has 0 bridgehead atoms. The van der Waals surface area contributed by atoms with Gasteiger partial charge >= 0.3 is 6.18 Å². The summed E-state index contributed by atoms with van der Waals surface area (Å²) in [6.45, 7) is 1.29. The molecule has 0 fully saturated rings. The van der Waals surface area contributed by atoms with Crippen LogP contribution in [0.15, 0.2) is 18.7 Å². The zero-order valence-corrected chi connectivity index (χ0v) is 11.6. The molecule has 0 aromatic carbocycles. The molecule has 0 aliphatic rings. The van der Waals surface area contributed by atoms with Gasteiger partial charge in [0.25, 0.3) is 0 Å². The average Bonchev–Trinajstić information content (AvgIpc) is 2.78. The lowest BCUT2D eigenvalue weighted by atomic mass is 10.3. The normalized spacial score (nSPS) is 11.5. The average molecular weight is 320 g/mol. The Bertz CT molecular complexity index is 685. The second kappa shape index (κ2) is 5.32. The minimum absolute atomic E-state index is 0.107. The van der Waals surface area contributed by atoms with Crippen molar-refractivity contribution in [2.75, 3.05) is 11.9 Å². The maximum absolute atomic E-state index is 12.9. The fourth-order valence-electron chi connectivity index (χ4n) is 1.57. The first-order chi connectivity index (χ1) is 9.71. The third-order valence-corrected chi connectivity index (χ3v) is 2.96. The largest absolute Gasteiger partial charge is 0.435 e. The maximum atomic E-state index is 12.9. The van der Waals surface area contributed by atoms with Crippen molar-refractivity contribution in [1.82, 2.24) is 19.7 Å². The van der Waals surface area contributed by atoms with Gasteiger partial charge in [0.2, 0.25) is 5.91 Å². The number of aromatic nitrogens is 4. The van der Waals surface area contributed by atoms with Crippen LogP contribution in [0.1, 0.15) is 12.6 Å². The van der Waals surface area contributed by atoms with Crippen molar-refractivity contribution in [2.45, 2.75) is 13.1 Å². The lowest BCUT2D eigenvalue weighted by Crippen LogP contribution is -2.22. The summed E-state index contributed by atoms with van der Waals surface area (Å²) in [5, 5.41) is 3.66. The van der Waals surface area contributed by atoms with Gasteiger partial charge < -0.3 is 4.90 Å². The van der Waals surface area contributed by atoms with Crippen LogP contribution in [-0.4, -0.2) is 32.7 Å². The molecular formula is C11H9ClF3N5O. The molecule has 2 rings (SSSR count). The number of amides is 1. The summed E-state index contributed by atoms with van der Waals surface area (Å²) in [6, 6.07) is 0. The summed E-state index contributed by atoms with van der Waals surface area (Å²) in [4.78, 5) is 19.2. The van der Waals surface area contributed by atoms with E-state index in [1.807, 2.05) is 0 Å². The van der Waals surface area contributed by atoms with Gasteiger partial charge in [-0.3, -0.25) is 4.79 Å². The Balaban J connectivity index is 2.55. The van der Waals surface area contributed by atoms with Crippen LogP contribution in [0.4, 0.5) is 18.9 Å². The van der Waals surface area contributed by atoms with Crippen LogP contribution >= 0.6 is 11.6 Å². The molecule has 1 amide bonds. The molecule has 2 heterocycles. The second-order valence-electron chi connectivity index (χ2n) is 4.08. The van der Waals surface area contributed by atoms with Gasteiger partial charge in [0.1, 0.15) is 17.7 Å². The first-order valence-corrected chi connectivity index (χ1v) is 5.96. The highest BCUT2D eigenvalue weighted by Crippen LogP contribution is 2.33. The summed E-state index contributed by atoms with van der Waals surface area (Å²) in [5.41, 5.74) is -1.34. The van der Waals surface area contributed by atoms with Gasteiger partial charge in [-0.15, -0.1) is 0 Å². The number of hydrogen-bond donors (Lipinski definition) is 0.